The molecule has 1 fully saturated rings. The lowest BCUT2D eigenvalue weighted by molar-refractivity contribution is -0.147. The van der Waals surface area contributed by atoms with Gasteiger partial charge in [0.1, 0.15) is 5.54 Å². The number of likely N-dealkylation sites (N-methyl/N-ethyl adjacent to an activating group) is 1. The number of carbonyl (C=O) groups is 2. The highest BCUT2D eigenvalue weighted by Crippen LogP contribution is 2.27. The number of aliphatic carboxylic acids is 1. The molecule has 116 valence electrons. The van der Waals surface area contributed by atoms with E-state index >= 15 is 0 Å². The van der Waals surface area contributed by atoms with Crippen molar-refractivity contribution in [3.05, 3.63) is 0 Å². The van der Waals surface area contributed by atoms with E-state index in [1.165, 1.54) is 11.3 Å². The van der Waals surface area contributed by atoms with Crippen LogP contribution >= 0.6 is 11.8 Å². The van der Waals surface area contributed by atoms with Crippen molar-refractivity contribution >= 4 is 23.8 Å². The Morgan fingerprint density at radius 3 is 2.45 bits per heavy atom. The Labute approximate surface area is 125 Å². The van der Waals surface area contributed by atoms with Gasteiger partial charge in [0.05, 0.1) is 0 Å². The third kappa shape index (κ3) is 3.81. The summed E-state index contributed by atoms with van der Waals surface area (Å²) in [6.45, 7) is 5.30. The van der Waals surface area contributed by atoms with Gasteiger partial charge in [0.2, 0.25) is 0 Å². The second kappa shape index (κ2) is 7.20. The largest absolute Gasteiger partial charge is 0.480 e. The van der Waals surface area contributed by atoms with Crippen molar-refractivity contribution in [1.29, 1.82) is 0 Å². The van der Waals surface area contributed by atoms with Crippen LogP contribution in [0.4, 0.5) is 4.79 Å². The molecule has 2 amide bonds. The predicted octanol–water partition coefficient (Wildman–Crippen LogP) is 2.56. The van der Waals surface area contributed by atoms with Crippen LogP contribution in [0.1, 0.15) is 46.5 Å². The fourth-order valence-electron chi connectivity index (χ4n) is 2.69. The average molecular weight is 302 g/mol. The first-order chi connectivity index (χ1) is 9.34. The van der Waals surface area contributed by atoms with Crippen LogP contribution in [0, 0.1) is 0 Å². The molecule has 6 heteroatoms. The van der Waals surface area contributed by atoms with Gasteiger partial charge in [-0.05, 0) is 39.9 Å². The van der Waals surface area contributed by atoms with Gasteiger partial charge in [-0.2, -0.15) is 11.8 Å². The summed E-state index contributed by atoms with van der Waals surface area (Å²) >= 11 is 1.78. The second-order valence-electron chi connectivity index (χ2n) is 5.72. The fraction of sp³-hybridized carbons (Fsp3) is 0.857. The van der Waals surface area contributed by atoms with Crippen molar-refractivity contribution in [2.45, 2.75) is 63.3 Å². The molecule has 0 aromatic carbocycles. The highest BCUT2D eigenvalue weighted by atomic mass is 32.2. The standard InChI is InChI=1S/C14H26N2O3S/c1-5-16(14(2,3)12(17)18)13(19)15-10-8-6-7-9-11(10)20-4/h10-11H,5-9H2,1-4H3,(H,15,19)(H,17,18). The number of carboxylic acids is 1. The van der Waals surface area contributed by atoms with Crippen LogP contribution in [0.5, 0.6) is 0 Å². The number of amides is 2. The van der Waals surface area contributed by atoms with Crippen molar-refractivity contribution < 1.29 is 14.7 Å². The van der Waals surface area contributed by atoms with Crippen molar-refractivity contribution in [3.63, 3.8) is 0 Å². The smallest absolute Gasteiger partial charge is 0.329 e. The minimum Gasteiger partial charge on any atom is -0.480 e. The number of carbonyl (C=O) groups excluding carboxylic acids is 1. The lowest BCUT2D eigenvalue weighted by Gasteiger charge is -2.37. The molecule has 0 radical (unpaired) electrons. The van der Waals surface area contributed by atoms with Gasteiger partial charge in [0, 0.05) is 17.8 Å². The molecule has 0 saturated heterocycles. The first-order valence-electron chi connectivity index (χ1n) is 7.18. The molecular formula is C14H26N2O3S. The minimum atomic E-state index is -1.19. The van der Waals surface area contributed by atoms with Crippen LogP contribution in [0.25, 0.3) is 0 Å². The van der Waals surface area contributed by atoms with Crippen LogP contribution in [0.2, 0.25) is 0 Å². The molecule has 1 rings (SSSR count). The Morgan fingerprint density at radius 2 is 1.95 bits per heavy atom. The van der Waals surface area contributed by atoms with Gasteiger partial charge in [-0.3, -0.25) is 0 Å². The van der Waals surface area contributed by atoms with Gasteiger partial charge in [-0.15, -0.1) is 0 Å². The first-order valence-corrected chi connectivity index (χ1v) is 8.47. The van der Waals surface area contributed by atoms with Crippen molar-refractivity contribution in [1.82, 2.24) is 10.2 Å². The zero-order chi connectivity index (χ0) is 15.3. The van der Waals surface area contributed by atoms with Crippen molar-refractivity contribution in [2.75, 3.05) is 12.8 Å². The maximum Gasteiger partial charge on any atom is 0.329 e. The van der Waals surface area contributed by atoms with E-state index in [4.69, 9.17) is 0 Å². The Balaban J connectivity index is 2.74. The number of rotatable bonds is 5. The maximum atomic E-state index is 12.4. The number of urea groups is 1. The molecule has 0 heterocycles. The predicted molar refractivity (Wildman–Crippen MR) is 82.2 cm³/mol. The number of thioether (sulfide) groups is 1. The molecule has 1 aliphatic rings. The minimum absolute atomic E-state index is 0.143. The normalized spacial score (nSPS) is 23.2. The molecule has 0 bridgehead atoms. The van der Waals surface area contributed by atoms with Crippen LogP contribution in [0.15, 0.2) is 0 Å². The summed E-state index contributed by atoms with van der Waals surface area (Å²) in [6, 6.07) is -0.129. The van der Waals surface area contributed by atoms with Crippen LogP contribution in [0.3, 0.4) is 0 Å². The van der Waals surface area contributed by atoms with Crippen LogP contribution < -0.4 is 5.32 Å². The molecule has 1 saturated carbocycles. The van der Waals surface area contributed by atoms with Crippen molar-refractivity contribution in [2.24, 2.45) is 0 Å². The van der Waals surface area contributed by atoms with E-state index in [-0.39, 0.29) is 12.1 Å². The lowest BCUT2D eigenvalue weighted by Crippen LogP contribution is -2.58. The summed E-state index contributed by atoms with van der Waals surface area (Å²) < 4.78 is 0. The summed E-state index contributed by atoms with van der Waals surface area (Å²) in [5.41, 5.74) is -1.19. The Hall–Kier alpha value is -0.910. The Kier molecular flexibility index (Phi) is 6.17. The van der Waals surface area contributed by atoms with E-state index in [1.54, 1.807) is 32.5 Å². The summed E-state index contributed by atoms with van der Waals surface area (Å²) in [5.74, 6) is -0.987. The molecule has 2 atom stereocenters. The summed E-state index contributed by atoms with van der Waals surface area (Å²) in [4.78, 5) is 25.1. The van der Waals surface area contributed by atoms with Gasteiger partial charge in [0.25, 0.3) is 0 Å². The first kappa shape index (κ1) is 17.1. The average Bonchev–Trinajstić information content (AvgIpc) is 2.39. The zero-order valence-corrected chi connectivity index (χ0v) is 13.6. The molecular weight excluding hydrogens is 276 g/mol. The Bertz CT molecular complexity index is 360. The number of carboxylic acid groups (broad SMARTS) is 1. The molecule has 5 nitrogen and oxygen atoms in total. The quantitative estimate of drug-likeness (QED) is 0.819. The van der Waals surface area contributed by atoms with Crippen LogP contribution in [-0.4, -0.2) is 51.6 Å². The highest BCUT2D eigenvalue weighted by Gasteiger charge is 2.38. The van der Waals surface area contributed by atoms with E-state index in [9.17, 15) is 14.7 Å². The van der Waals surface area contributed by atoms with E-state index in [0.717, 1.165) is 19.3 Å². The van der Waals surface area contributed by atoms with E-state index in [0.29, 0.717) is 11.8 Å². The number of hydrogen-bond acceptors (Lipinski definition) is 3. The third-order valence-electron chi connectivity index (χ3n) is 4.07. The van der Waals surface area contributed by atoms with Crippen molar-refractivity contribution in [3.8, 4) is 0 Å². The van der Waals surface area contributed by atoms with Gasteiger partial charge < -0.3 is 15.3 Å². The van der Waals surface area contributed by atoms with E-state index in [2.05, 4.69) is 11.6 Å². The molecule has 0 spiro atoms. The third-order valence-corrected chi connectivity index (χ3v) is 5.24. The topological polar surface area (TPSA) is 69.6 Å². The zero-order valence-electron chi connectivity index (χ0n) is 12.8. The fourth-order valence-corrected chi connectivity index (χ4v) is 3.62. The van der Waals surface area contributed by atoms with Gasteiger partial charge in [-0.1, -0.05) is 12.8 Å². The monoisotopic (exact) mass is 302 g/mol. The second-order valence-corrected chi connectivity index (χ2v) is 6.80. The lowest BCUT2D eigenvalue weighted by atomic mass is 9.95. The SMILES string of the molecule is CCN(C(=O)NC1CCCCC1SC)C(C)(C)C(=O)O. The molecule has 20 heavy (non-hydrogen) atoms. The molecule has 0 aliphatic heterocycles. The summed E-state index contributed by atoms with van der Waals surface area (Å²) in [7, 11) is 0. The molecule has 2 unspecified atom stereocenters. The molecule has 2 N–H and O–H groups in total. The van der Waals surface area contributed by atoms with E-state index in [1.807, 2.05) is 0 Å². The van der Waals surface area contributed by atoms with E-state index < -0.39 is 11.5 Å². The summed E-state index contributed by atoms with van der Waals surface area (Å²) in [6.07, 6.45) is 6.48. The summed E-state index contributed by atoms with van der Waals surface area (Å²) in [5, 5.41) is 12.7. The maximum absolute atomic E-state index is 12.4. The Morgan fingerprint density at radius 1 is 1.35 bits per heavy atom. The van der Waals surface area contributed by atoms with Gasteiger partial charge >= 0.3 is 12.0 Å². The number of nitrogens with zero attached hydrogens (tertiary/aromatic N) is 1. The number of hydrogen-bond donors (Lipinski definition) is 2. The highest BCUT2D eigenvalue weighted by molar-refractivity contribution is 7.99. The molecule has 0 aromatic rings. The molecule has 0 aromatic heterocycles. The van der Waals surface area contributed by atoms with Gasteiger partial charge in [-0.25, -0.2) is 9.59 Å². The van der Waals surface area contributed by atoms with Crippen LogP contribution in [-0.2, 0) is 4.79 Å². The number of nitrogens with one attached hydrogen (secondary N) is 1. The van der Waals surface area contributed by atoms with Gasteiger partial charge in [0.15, 0.2) is 0 Å². The molecule has 1 aliphatic carbocycles.